The van der Waals surface area contributed by atoms with E-state index >= 15 is 0 Å². The highest BCUT2D eigenvalue weighted by Gasteiger charge is 2.36. The van der Waals surface area contributed by atoms with Crippen LogP contribution in [0.15, 0.2) is 422 Å². The van der Waals surface area contributed by atoms with Crippen molar-refractivity contribution in [3.8, 4) is 33.9 Å². The molecule has 0 fully saturated rings. The van der Waals surface area contributed by atoms with Crippen LogP contribution in [0.4, 0.5) is 0 Å². The summed E-state index contributed by atoms with van der Waals surface area (Å²) in [5.41, 5.74) is 28.7. The molecule has 0 aliphatic heterocycles. The minimum absolute atomic E-state index is 0.00567. The van der Waals surface area contributed by atoms with Crippen molar-refractivity contribution < 1.29 is 22.1 Å². The van der Waals surface area contributed by atoms with E-state index in [2.05, 4.69) is 372 Å². The van der Waals surface area contributed by atoms with Crippen LogP contribution in [0, 0.1) is 0 Å². The Morgan fingerprint density at radius 1 is 0.173 bits per heavy atom. The minimum Gasteiger partial charge on any atom is -0.456 e. The van der Waals surface area contributed by atoms with Gasteiger partial charge in [-0.05, 0) is 162 Å². The number of thiophene rings is 1. The maximum absolute atomic E-state index is 6.28. The molecule has 0 saturated heterocycles. The zero-order valence-corrected chi connectivity index (χ0v) is 69.7. The molecule has 0 N–H and O–H groups in total. The smallest absolute Gasteiger partial charge is 0.137 e. The number of rotatable bonds is 4. The highest BCUT2D eigenvalue weighted by molar-refractivity contribution is 7.25. The van der Waals surface area contributed by atoms with Crippen molar-refractivity contribution in [2.45, 2.75) is 19.3 Å². The Labute approximate surface area is 728 Å². The van der Waals surface area contributed by atoms with Crippen molar-refractivity contribution in [3.05, 3.63) is 412 Å². The van der Waals surface area contributed by atoms with Crippen LogP contribution in [0.2, 0.25) is 0 Å². The molecule has 1 aliphatic rings. The van der Waals surface area contributed by atoms with E-state index in [1.807, 2.05) is 72.0 Å². The van der Waals surface area contributed by atoms with Gasteiger partial charge in [0.25, 0.3) is 0 Å². The topological polar surface area (TPSA) is 85.4 Å². The average Bonchev–Trinajstić information content (AvgIpc) is 1.65. The van der Waals surface area contributed by atoms with Crippen LogP contribution in [-0.4, -0.2) is 18.3 Å². The van der Waals surface area contributed by atoms with Gasteiger partial charge in [-0.3, -0.25) is 0 Å². The molecule has 10 heteroatoms. The fourth-order valence-electron chi connectivity index (χ4n) is 21.0. The fraction of sp³-hybridized carbons (Fsp3) is 0.0256. The van der Waals surface area contributed by atoms with Crippen LogP contribution in [0.25, 0.3) is 251 Å². The first-order valence-corrected chi connectivity index (χ1v) is 44.0. The van der Waals surface area contributed by atoms with Crippen molar-refractivity contribution in [1.82, 2.24) is 18.3 Å². The van der Waals surface area contributed by atoms with Crippen molar-refractivity contribution in [2.24, 2.45) is 0 Å². The molecule has 9 nitrogen and oxygen atoms in total. The lowest BCUT2D eigenvalue weighted by atomic mass is 9.82. The van der Waals surface area contributed by atoms with Crippen LogP contribution in [0.5, 0.6) is 0 Å². The van der Waals surface area contributed by atoms with Crippen LogP contribution in [-0.2, 0) is 5.41 Å². The molecule has 596 valence electrons. The fourth-order valence-corrected chi connectivity index (χ4v) is 22.1. The highest BCUT2D eigenvalue weighted by atomic mass is 32.1. The Hall–Kier alpha value is -16.4. The summed E-state index contributed by atoms with van der Waals surface area (Å²) in [6.07, 6.45) is 0. The van der Waals surface area contributed by atoms with E-state index in [0.29, 0.717) is 0 Å². The van der Waals surface area contributed by atoms with Crippen molar-refractivity contribution in [3.63, 3.8) is 0 Å². The number of hydrogen-bond acceptors (Lipinski definition) is 6. The third-order valence-corrected chi connectivity index (χ3v) is 27.9. The summed E-state index contributed by atoms with van der Waals surface area (Å²) < 4.78 is 43.1. The molecule has 0 atom stereocenters. The molecule has 0 bridgehead atoms. The largest absolute Gasteiger partial charge is 0.456 e. The first-order valence-electron chi connectivity index (χ1n) is 43.2. The molecule has 30 rings (SSSR count). The van der Waals surface area contributed by atoms with Gasteiger partial charge in [-0.2, -0.15) is 0 Å². The Morgan fingerprint density at radius 2 is 0.472 bits per heavy atom. The van der Waals surface area contributed by atoms with Gasteiger partial charge in [0.1, 0.15) is 55.8 Å². The predicted octanol–water partition coefficient (Wildman–Crippen LogP) is 33.3. The van der Waals surface area contributed by atoms with Gasteiger partial charge in [0, 0.05) is 176 Å². The maximum Gasteiger partial charge on any atom is 0.137 e. The number of hydrogen-bond donors (Lipinski definition) is 0. The van der Waals surface area contributed by atoms with Crippen molar-refractivity contribution in [1.29, 1.82) is 0 Å². The molecule has 29 aromatic rings. The number of para-hydroxylation sites is 10. The second-order valence-corrected chi connectivity index (χ2v) is 35.1. The van der Waals surface area contributed by atoms with Crippen LogP contribution >= 0.6 is 11.3 Å². The van der Waals surface area contributed by atoms with Gasteiger partial charge in [0.05, 0.1) is 44.1 Å². The molecule has 0 radical (unpaired) electrons. The summed E-state index contributed by atoms with van der Waals surface area (Å²) >= 11 is 1.85. The summed E-state index contributed by atoms with van der Waals surface area (Å²) in [4.78, 5) is 0. The van der Waals surface area contributed by atoms with E-state index < -0.39 is 0 Å². The van der Waals surface area contributed by atoms with E-state index in [9.17, 15) is 0 Å². The Bertz CT molecular complexity index is 9680. The first kappa shape index (κ1) is 71.2. The van der Waals surface area contributed by atoms with Gasteiger partial charge in [0.15, 0.2) is 0 Å². The number of fused-ring (bicyclic) bond motifs is 33. The van der Waals surface area contributed by atoms with Crippen molar-refractivity contribution in [2.75, 3.05) is 0 Å². The van der Waals surface area contributed by atoms with E-state index in [1.165, 1.54) is 157 Å². The monoisotopic (exact) mass is 1640 g/mol. The highest BCUT2D eigenvalue weighted by Crippen LogP contribution is 2.51. The molecule has 0 spiro atoms. The van der Waals surface area contributed by atoms with Gasteiger partial charge in [-0.15, -0.1) is 11.3 Å². The molecule has 19 aromatic carbocycles. The standard InChI is InChI=1S/C33H23NO.C30H17NO2.C30H17NOS.C24H15NO/c1-33(2)27-12-6-3-9-21(27)24-17-20(15-16-28(24)33)34-29-13-7-4-10-22(29)25-18-26-23-11-5-8-14-31(23)35-32(26)19-30(25)34;1-4-10-25-19(7-1)23-16-24-21-9-3-6-12-28(21)33-30(24)17-26(23)31(25)18-13-14-22-20-8-2-5-11-27(20)32-29(22)15-18;1-4-10-25-19(7-1)22-16-23-20-8-2-5-11-27(20)32-28(23)17-26(22)31(25)18-13-14-30-24(15-18)21-9-3-6-12-29(21)33-30;1-2-8-16(9-3-1)25-21-12-6-4-10-17(21)19-14-20-18-11-5-7-13-23(18)26-24(20)15-22(19)25/h3-19H,1-2H3;2*1-17H;1-15H. The third-order valence-electron chi connectivity index (χ3n) is 26.8. The SMILES string of the molecule is CC1(C)c2ccccc2-c2cc(-n3c4ccccc4c4cc5c(cc43)oc3ccccc35)ccc21.c1ccc(-n2c3ccccc3c3cc4c(cc32)oc2ccccc24)cc1.c1ccc2c(c1)oc1cc(-n3c4ccccc4c4cc5c(cc43)oc3ccccc35)ccc12.c1ccc2c(c1)oc1cc3c(cc12)c1ccccc1n3-c1ccc2sc3ccccc3c2c1. The molecule has 0 amide bonds. The van der Waals surface area contributed by atoms with E-state index in [-0.39, 0.29) is 5.41 Å². The zero-order chi connectivity index (χ0) is 83.4. The van der Waals surface area contributed by atoms with E-state index in [0.717, 1.165) is 105 Å². The molecular formula is C117H72N4O5S. The number of nitrogens with zero attached hydrogens (tertiary/aromatic N) is 4. The van der Waals surface area contributed by atoms with Crippen LogP contribution in [0.3, 0.4) is 0 Å². The molecule has 1 aliphatic carbocycles. The van der Waals surface area contributed by atoms with Gasteiger partial charge in [-0.25, -0.2) is 0 Å². The van der Waals surface area contributed by atoms with Crippen LogP contribution in [0.1, 0.15) is 25.0 Å². The van der Waals surface area contributed by atoms with Gasteiger partial charge >= 0.3 is 0 Å². The summed E-state index contributed by atoms with van der Waals surface area (Å²) in [5.74, 6) is 0. The normalized spacial score (nSPS) is 12.7. The molecular weight excluding hydrogens is 1570 g/mol. The molecule has 10 aromatic heterocycles. The Balaban J connectivity index is 0.0000000882. The molecule has 0 saturated carbocycles. The van der Waals surface area contributed by atoms with E-state index in [1.54, 1.807) is 0 Å². The minimum atomic E-state index is 0.00567. The van der Waals surface area contributed by atoms with Crippen LogP contribution < -0.4 is 0 Å². The number of furan rings is 5. The van der Waals surface area contributed by atoms with E-state index in [4.69, 9.17) is 22.1 Å². The number of aromatic nitrogens is 4. The van der Waals surface area contributed by atoms with Gasteiger partial charge < -0.3 is 40.4 Å². The second kappa shape index (κ2) is 27.3. The summed E-state index contributed by atoms with van der Waals surface area (Å²) in [7, 11) is 0. The predicted molar refractivity (Wildman–Crippen MR) is 530 cm³/mol. The maximum atomic E-state index is 6.28. The molecule has 0 unspecified atom stereocenters. The lowest BCUT2D eigenvalue weighted by Crippen LogP contribution is -2.14. The number of benzene rings is 19. The summed E-state index contributed by atoms with van der Waals surface area (Å²) in [6, 6.07) is 142. The lowest BCUT2D eigenvalue weighted by molar-refractivity contribution is 0.660. The van der Waals surface area contributed by atoms with Gasteiger partial charge in [0.2, 0.25) is 0 Å². The first-order chi connectivity index (χ1) is 62.7. The van der Waals surface area contributed by atoms with Crippen molar-refractivity contribution >= 4 is 228 Å². The summed E-state index contributed by atoms with van der Waals surface area (Å²) in [5, 5.41) is 24.2. The zero-order valence-electron chi connectivity index (χ0n) is 68.8. The second-order valence-electron chi connectivity index (χ2n) is 34.1. The lowest BCUT2D eigenvalue weighted by Gasteiger charge is -2.21. The Kier molecular flexibility index (Phi) is 15.3. The Morgan fingerprint density at radius 3 is 0.913 bits per heavy atom. The third kappa shape index (κ3) is 10.7. The molecule has 127 heavy (non-hydrogen) atoms. The summed E-state index contributed by atoms with van der Waals surface area (Å²) in [6.45, 7) is 4.66. The van der Waals surface area contributed by atoms with Gasteiger partial charge in [-0.1, -0.05) is 244 Å². The molecule has 10 heterocycles. The average molecular weight is 1650 g/mol. The quantitative estimate of drug-likeness (QED) is 0.175.